The maximum atomic E-state index is 9.95. The van der Waals surface area contributed by atoms with E-state index < -0.39 is 6.10 Å². The molecule has 0 amide bonds. The molecule has 0 aliphatic rings. The number of fused-ring (bicyclic) bond motifs is 1. The number of rotatable bonds is 9. The zero-order valence-corrected chi connectivity index (χ0v) is 14.4. The molecular weight excluding hydrogens is 330 g/mol. The molecule has 136 valence electrons. The Balaban J connectivity index is 1.39. The van der Waals surface area contributed by atoms with Crippen LogP contribution in [-0.2, 0) is 0 Å². The summed E-state index contributed by atoms with van der Waals surface area (Å²) < 4.78 is 5.51. The molecular formula is C20H23N3O3. The van der Waals surface area contributed by atoms with Crippen molar-refractivity contribution in [3.8, 4) is 11.5 Å². The van der Waals surface area contributed by atoms with Crippen molar-refractivity contribution < 1.29 is 14.9 Å². The van der Waals surface area contributed by atoms with Crippen LogP contribution >= 0.6 is 0 Å². The van der Waals surface area contributed by atoms with Gasteiger partial charge in [-0.1, -0.05) is 42.5 Å². The lowest BCUT2D eigenvalue weighted by molar-refractivity contribution is 0.107. The summed E-state index contributed by atoms with van der Waals surface area (Å²) in [5.41, 5.74) is 0. The second-order valence-electron chi connectivity index (χ2n) is 5.95. The number of nitrogens with zero attached hydrogens (tertiary/aromatic N) is 1. The molecule has 6 heteroatoms. The van der Waals surface area contributed by atoms with E-state index in [2.05, 4.69) is 15.6 Å². The van der Waals surface area contributed by atoms with Crippen LogP contribution in [0.3, 0.4) is 0 Å². The fourth-order valence-electron chi connectivity index (χ4n) is 2.62. The van der Waals surface area contributed by atoms with Gasteiger partial charge in [0.25, 0.3) is 0 Å². The van der Waals surface area contributed by atoms with Crippen molar-refractivity contribution in [1.29, 1.82) is 0 Å². The molecule has 0 bridgehead atoms. The number of benzene rings is 2. The van der Waals surface area contributed by atoms with Gasteiger partial charge >= 0.3 is 0 Å². The van der Waals surface area contributed by atoms with Gasteiger partial charge in [-0.15, -0.1) is 0 Å². The Kier molecular flexibility index (Phi) is 6.24. The van der Waals surface area contributed by atoms with Gasteiger partial charge in [-0.3, -0.25) is 0 Å². The zero-order valence-electron chi connectivity index (χ0n) is 14.4. The third-order valence-corrected chi connectivity index (χ3v) is 3.93. The van der Waals surface area contributed by atoms with Crippen LogP contribution in [0.5, 0.6) is 11.5 Å². The van der Waals surface area contributed by atoms with Crippen LogP contribution in [0.2, 0.25) is 0 Å². The van der Waals surface area contributed by atoms with Crippen LogP contribution in [0.15, 0.2) is 60.8 Å². The summed E-state index contributed by atoms with van der Waals surface area (Å²) >= 11 is 0. The molecule has 26 heavy (non-hydrogen) atoms. The molecule has 0 radical (unpaired) electrons. The minimum atomic E-state index is -0.581. The van der Waals surface area contributed by atoms with Gasteiger partial charge in [0.1, 0.15) is 30.0 Å². The molecule has 0 fully saturated rings. The molecule has 4 N–H and O–H groups in total. The molecule has 1 atom stereocenters. The average molecular weight is 353 g/mol. The van der Waals surface area contributed by atoms with E-state index in [1.807, 2.05) is 54.6 Å². The van der Waals surface area contributed by atoms with Crippen LogP contribution in [0.1, 0.15) is 0 Å². The van der Waals surface area contributed by atoms with Gasteiger partial charge in [0, 0.05) is 30.4 Å². The average Bonchev–Trinajstić information content (AvgIpc) is 2.69. The third-order valence-electron chi connectivity index (χ3n) is 3.93. The van der Waals surface area contributed by atoms with Gasteiger partial charge in [-0.05, 0) is 12.1 Å². The maximum Gasteiger partial charge on any atom is 0.141 e. The number of nitrogens with one attached hydrogen (secondary N) is 2. The second kappa shape index (κ2) is 9.03. The number of hydrogen-bond acceptors (Lipinski definition) is 6. The summed E-state index contributed by atoms with van der Waals surface area (Å²) in [7, 11) is 0. The molecule has 2 aromatic carbocycles. The van der Waals surface area contributed by atoms with Crippen LogP contribution in [0.25, 0.3) is 10.8 Å². The fourth-order valence-corrected chi connectivity index (χ4v) is 2.62. The number of aromatic hydroxyl groups is 1. The van der Waals surface area contributed by atoms with Gasteiger partial charge < -0.3 is 25.6 Å². The fraction of sp³-hybridized carbons (Fsp3) is 0.250. The highest BCUT2D eigenvalue weighted by molar-refractivity contribution is 5.95. The summed E-state index contributed by atoms with van der Waals surface area (Å²) in [6, 6.07) is 17.0. The lowest BCUT2D eigenvalue weighted by Crippen LogP contribution is -2.34. The van der Waals surface area contributed by atoms with E-state index in [-0.39, 0.29) is 12.4 Å². The molecule has 3 aromatic rings. The first-order valence-electron chi connectivity index (χ1n) is 8.61. The van der Waals surface area contributed by atoms with Crippen LogP contribution in [0.4, 0.5) is 5.82 Å². The summed E-state index contributed by atoms with van der Waals surface area (Å²) in [6.07, 6.45) is 0.866. The van der Waals surface area contributed by atoms with E-state index in [1.54, 1.807) is 0 Å². The highest BCUT2D eigenvalue weighted by atomic mass is 16.5. The monoisotopic (exact) mass is 353 g/mol. The number of hydrogen-bond donors (Lipinski definition) is 4. The molecule has 6 nitrogen and oxygen atoms in total. The Morgan fingerprint density at radius 1 is 0.962 bits per heavy atom. The molecule has 3 rings (SSSR count). The Labute approximate surface area is 152 Å². The standard InChI is InChI=1S/C20H23N3O3/c24-15(14-26-16-6-2-1-3-7-16)12-21-10-11-22-20-18-9-5-4-8-17(18)19(25)13-23-20/h1-9,13,15,21,24-25H,10-12,14H2,(H,22,23). The topological polar surface area (TPSA) is 86.6 Å². The first kappa shape index (κ1) is 18.0. The Morgan fingerprint density at radius 2 is 1.69 bits per heavy atom. The van der Waals surface area contributed by atoms with E-state index >= 15 is 0 Å². The van der Waals surface area contributed by atoms with Crippen molar-refractivity contribution in [1.82, 2.24) is 10.3 Å². The maximum absolute atomic E-state index is 9.95. The SMILES string of the molecule is Oc1cnc(NCCNCC(O)COc2ccccc2)c2ccccc12. The van der Waals surface area contributed by atoms with Gasteiger partial charge in [0.05, 0.1) is 6.20 Å². The predicted octanol–water partition coefficient (Wildman–Crippen LogP) is 2.38. The summed E-state index contributed by atoms with van der Waals surface area (Å²) in [4.78, 5) is 4.24. The van der Waals surface area contributed by atoms with Crippen molar-refractivity contribution >= 4 is 16.6 Å². The van der Waals surface area contributed by atoms with Crippen molar-refractivity contribution in [3.63, 3.8) is 0 Å². The normalized spacial score (nSPS) is 12.0. The quantitative estimate of drug-likeness (QED) is 0.442. The van der Waals surface area contributed by atoms with Crippen LogP contribution in [-0.4, -0.2) is 47.5 Å². The van der Waals surface area contributed by atoms with Gasteiger partial charge in [-0.25, -0.2) is 4.98 Å². The van der Waals surface area contributed by atoms with Crippen molar-refractivity contribution in [3.05, 3.63) is 60.8 Å². The minimum Gasteiger partial charge on any atom is -0.506 e. The second-order valence-corrected chi connectivity index (χ2v) is 5.95. The Morgan fingerprint density at radius 3 is 2.50 bits per heavy atom. The zero-order chi connectivity index (χ0) is 18.2. The molecule has 0 aliphatic heterocycles. The van der Waals surface area contributed by atoms with Crippen LogP contribution in [0, 0.1) is 0 Å². The van der Waals surface area contributed by atoms with Crippen molar-refractivity contribution in [2.45, 2.75) is 6.10 Å². The van der Waals surface area contributed by atoms with Crippen molar-refractivity contribution in [2.24, 2.45) is 0 Å². The van der Waals surface area contributed by atoms with Gasteiger partial charge in [0.2, 0.25) is 0 Å². The van der Waals surface area contributed by atoms with E-state index in [9.17, 15) is 10.2 Å². The first-order valence-corrected chi connectivity index (χ1v) is 8.61. The van der Waals surface area contributed by atoms with Gasteiger partial charge in [-0.2, -0.15) is 0 Å². The van der Waals surface area contributed by atoms with E-state index in [0.29, 0.717) is 19.6 Å². The summed E-state index contributed by atoms with van der Waals surface area (Å²) in [5.74, 6) is 1.65. The molecule has 1 unspecified atom stereocenters. The number of ether oxygens (including phenoxy) is 1. The smallest absolute Gasteiger partial charge is 0.141 e. The van der Waals surface area contributed by atoms with Gasteiger partial charge in [0.15, 0.2) is 0 Å². The van der Waals surface area contributed by atoms with Crippen molar-refractivity contribution in [2.75, 3.05) is 31.6 Å². The Hall–Kier alpha value is -2.83. The summed E-state index contributed by atoms with van der Waals surface area (Å²) in [6.45, 7) is 2.00. The number of para-hydroxylation sites is 1. The lowest BCUT2D eigenvalue weighted by Gasteiger charge is -2.14. The third kappa shape index (κ3) is 4.84. The molecule has 0 saturated heterocycles. The number of aliphatic hydroxyl groups excluding tert-OH is 1. The van der Waals surface area contributed by atoms with E-state index in [0.717, 1.165) is 22.3 Å². The number of aromatic nitrogens is 1. The summed E-state index contributed by atoms with van der Waals surface area (Å²) in [5, 5.41) is 27.9. The number of aliphatic hydroxyl groups is 1. The molecule has 0 saturated carbocycles. The minimum absolute atomic E-state index is 0.172. The van der Waals surface area contributed by atoms with E-state index in [4.69, 9.17) is 4.74 Å². The highest BCUT2D eigenvalue weighted by Gasteiger charge is 2.07. The van der Waals surface area contributed by atoms with Crippen LogP contribution < -0.4 is 15.4 Å². The first-order chi connectivity index (χ1) is 12.7. The molecule has 0 spiro atoms. The highest BCUT2D eigenvalue weighted by Crippen LogP contribution is 2.27. The number of pyridine rings is 1. The molecule has 0 aliphatic carbocycles. The Bertz CT molecular complexity index is 827. The lowest BCUT2D eigenvalue weighted by atomic mass is 10.1. The predicted molar refractivity (Wildman–Crippen MR) is 103 cm³/mol. The molecule has 1 aromatic heterocycles. The molecule has 1 heterocycles. The van der Waals surface area contributed by atoms with E-state index in [1.165, 1.54) is 6.20 Å². The largest absolute Gasteiger partial charge is 0.506 e. The number of anilines is 1.